The number of rotatable bonds is 10. The molecule has 0 radical (unpaired) electrons. The van der Waals surface area contributed by atoms with Gasteiger partial charge in [-0.15, -0.1) is 0 Å². The van der Waals surface area contributed by atoms with Gasteiger partial charge in [0.05, 0.1) is 21.4 Å². The Morgan fingerprint density at radius 1 is 1.04 bits per heavy atom. The van der Waals surface area contributed by atoms with Crippen molar-refractivity contribution in [3.8, 4) is 0 Å². The van der Waals surface area contributed by atoms with Crippen molar-refractivity contribution < 1.29 is 22.3 Å². The van der Waals surface area contributed by atoms with Gasteiger partial charge in [-0.25, -0.2) is 27.5 Å². The number of halogens is 3. The van der Waals surface area contributed by atoms with E-state index in [1.807, 2.05) is 42.1 Å². The van der Waals surface area contributed by atoms with Gasteiger partial charge in [0.15, 0.2) is 11.0 Å². The molecule has 0 saturated heterocycles. The van der Waals surface area contributed by atoms with Gasteiger partial charge in [0, 0.05) is 21.4 Å². The van der Waals surface area contributed by atoms with Gasteiger partial charge in [0.1, 0.15) is 16.8 Å². The Morgan fingerprint density at radius 3 is 2.33 bits per heavy atom. The average molecular weight is 754 g/mol. The highest BCUT2D eigenvalue weighted by Crippen LogP contribution is 2.49. The molecule has 0 aromatic heterocycles. The van der Waals surface area contributed by atoms with Crippen LogP contribution < -0.4 is 9.86 Å². The Morgan fingerprint density at radius 2 is 1.73 bits per heavy atom. The van der Waals surface area contributed by atoms with E-state index in [1.54, 1.807) is 25.1 Å². The number of carbonyl (C=O) groups is 1. The minimum atomic E-state index is -1.79. The van der Waals surface area contributed by atoms with Gasteiger partial charge in [-0.2, -0.15) is 11.8 Å². The highest BCUT2D eigenvalue weighted by molar-refractivity contribution is 7.99. The van der Waals surface area contributed by atoms with E-state index >= 15 is 0 Å². The van der Waals surface area contributed by atoms with Crippen LogP contribution in [-0.4, -0.2) is 26.4 Å². The Kier molecular flexibility index (Phi) is 13.4. The molecule has 12 heteroatoms. The Labute approximate surface area is 302 Å². The zero-order chi connectivity index (χ0) is 35.3. The number of thioether (sulfide) groups is 1. The quantitative estimate of drug-likeness (QED) is 0.201. The molecule has 3 aromatic rings. The van der Waals surface area contributed by atoms with Crippen LogP contribution in [0.5, 0.6) is 0 Å². The lowest BCUT2D eigenvalue weighted by Gasteiger charge is -2.42. The fraction of sp³-hybridized carbons (Fsp3) is 0.417. The van der Waals surface area contributed by atoms with Gasteiger partial charge >= 0.3 is 6.09 Å². The molecule has 0 heterocycles. The molecule has 0 aliphatic heterocycles. The van der Waals surface area contributed by atoms with Crippen molar-refractivity contribution in [3.63, 3.8) is 0 Å². The summed E-state index contributed by atoms with van der Waals surface area (Å²) in [5.74, 6) is 1.05. The van der Waals surface area contributed by atoms with E-state index in [-0.39, 0.29) is 41.3 Å². The molecule has 1 aliphatic carbocycles. The van der Waals surface area contributed by atoms with Gasteiger partial charge in [0.25, 0.3) is 0 Å². The normalized spacial score (nSPS) is 23.0. The maximum atomic E-state index is 14.1. The van der Waals surface area contributed by atoms with Crippen molar-refractivity contribution in [2.24, 2.45) is 22.9 Å². The first kappa shape index (κ1) is 38.6. The molecule has 0 spiro atoms. The summed E-state index contributed by atoms with van der Waals surface area (Å²) < 4.78 is 45.8. The van der Waals surface area contributed by atoms with Gasteiger partial charge in [-0.05, 0) is 90.1 Å². The Balaban J connectivity index is 1.65. The standard InChI is InChI=1S/C36H43Cl2FN2O4S3/c1-7-45-35(42)41-48(44)28-14-10-25(31(37)18-28)20-46-33-19-29(24-8-12-27(39)13-9-24)23(4)30(16-21(2)22(33)3)36(5,6)26-11-15-34(47(40)43)32(38)17-26/h8-18,21-23,29,33H,7,19-20,40H2,1-6H3,(H,41,42). The van der Waals surface area contributed by atoms with Crippen molar-refractivity contribution >= 4 is 63.0 Å². The fourth-order valence-electron chi connectivity index (χ4n) is 6.42. The molecule has 7 unspecified atom stereocenters. The SMILES string of the molecule is CCOC(=O)NS(=O)c1ccc(CSC2CC(c3ccc(F)cc3)C(C)C(C(C)(C)c3ccc(S(N)=O)c(Cl)c3)=CC(C)C2C)c(Cl)c1. The van der Waals surface area contributed by atoms with Crippen LogP contribution in [0.15, 0.2) is 82.1 Å². The lowest BCUT2D eigenvalue weighted by Crippen LogP contribution is -2.34. The zero-order valence-electron chi connectivity index (χ0n) is 27.9. The third kappa shape index (κ3) is 9.11. The number of ether oxygens (including phenoxy) is 1. The van der Waals surface area contributed by atoms with Crippen LogP contribution in [0.25, 0.3) is 0 Å². The lowest BCUT2D eigenvalue weighted by molar-refractivity contribution is 0.159. The minimum Gasteiger partial charge on any atom is -0.449 e. The first-order valence-electron chi connectivity index (χ1n) is 15.8. The number of allylic oxidation sites excluding steroid dienone is 2. The molecule has 48 heavy (non-hydrogen) atoms. The number of benzene rings is 3. The van der Waals surface area contributed by atoms with Crippen LogP contribution in [0.4, 0.5) is 9.18 Å². The van der Waals surface area contributed by atoms with E-state index in [2.05, 4.69) is 45.4 Å². The number of amides is 1. The predicted octanol–water partition coefficient (Wildman–Crippen LogP) is 9.48. The lowest BCUT2D eigenvalue weighted by atomic mass is 9.64. The van der Waals surface area contributed by atoms with Crippen molar-refractivity contribution in [2.75, 3.05) is 6.61 Å². The molecule has 260 valence electrons. The molecule has 4 rings (SSSR count). The molecule has 1 aliphatic rings. The minimum absolute atomic E-state index is 0.0871. The molecule has 3 aromatic carbocycles. The van der Waals surface area contributed by atoms with E-state index in [9.17, 15) is 17.6 Å². The van der Waals surface area contributed by atoms with Crippen LogP contribution >= 0.6 is 35.0 Å². The van der Waals surface area contributed by atoms with E-state index in [0.717, 1.165) is 23.1 Å². The smallest absolute Gasteiger partial charge is 0.419 e. The molecular weight excluding hydrogens is 711 g/mol. The van der Waals surface area contributed by atoms with Gasteiger partial charge in [-0.1, -0.05) is 93.7 Å². The predicted molar refractivity (Wildman–Crippen MR) is 198 cm³/mol. The first-order chi connectivity index (χ1) is 22.6. The summed E-state index contributed by atoms with van der Waals surface area (Å²) >= 11 is 15.1. The summed E-state index contributed by atoms with van der Waals surface area (Å²) in [6.45, 7) is 13.0. The molecular formula is C36H43Cl2FN2O4S3. The third-order valence-electron chi connectivity index (χ3n) is 9.47. The number of nitrogens with one attached hydrogen (secondary N) is 1. The summed E-state index contributed by atoms with van der Waals surface area (Å²) in [5, 5.41) is 6.73. The van der Waals surface area contributed by atoms with Crippen LogP contribution in [0.2, 0.25) is 10.0 Å². The monoisotopic (exact) mass is 752 g/mol. The van der Waals surface area contributed by atoms with Crippen molar-refractivity contribution in [2.45, 2.75) is 80.1 Å². The average Bonchev–Trinajstić information content (AvgIpc) is 3.03. The number of hydrogen-bond acceptors (Lipinski definition) is 5. The second-order valence-electron chi connectivity index (χ2n) is 12.8. The summed E-state index contributed by atoms with van der Waals surface area (Å²) in [6.07, 6.45) is 2.50. The fourth-order valence-corrected chi connectivity index (χ4v) is 9.95. The van der Waals surface area contributed by atoms with Gasteiger partial charge in [0.2, 0.25) is 0 Å². The van der Waals surface area contributed by atoms with E-state index in [1.165, 1.54) is 17.7 Å². The highest BCUT2D eigenvalue weighted by Gasteiger charge is 2.39. The second kappa shape index (κ2) is 16.7. The maximum Gasteiger partial charge on any atom is 0.419 e. The van der Waals surface area contributed by atoms with Crippen LogP contribution in [0, 0.1) is 23.6 Å². The van der Waals surface area contributed by atoms with E-state index in [0.29, 0.717) is 25.6 Å². The highest BCUT2D eigenvalue weighted by atomic mass is 35.5. The largest absolute Gasteiger partial charge is 0.449 e. The van der Waals surface area contributed by atoms with Gasteiger partial charge < -0.3 is 4.74 Å². The second-order valence-corrected chi connectivity index (χ2v) is 17.1. The summed E-state index contributed by atoms with van der Waals surface area (Å²) in [5.41, 5.74) is 3.83. The summed E-state index contributed by atoms with van der Waals surface area (Å²) in [4.78, 5) is 12.5. The number of hydrogen-bond donors (Lipinski definition) is 2. The van der Waals surface area contributed by atoms with Crippen molar-refractivity contribution in [1.82, 2.24) is 4.72 Å². The topological polar surface area (TPSA) is 98.5 Å². The van der Waals surface area contributed by atoms with Crippen molar-refractivity contribution in [1.29, 1.82) is 0 Å². The van der Waals surface area contributed by atoms with E-state index < -0.39 is 33.5 Å². The Hall–Kier alpha value is -2.21. The molecule has 0 saturated carbocycles. The molecule has 0 bridgehead atoms. The third-order valence-corrected chi connectivity index (χ3v) is 13.6. The zero-order valence-corrected chi connectivity index (χ0v) is 31.9. The molecule has 0 fully saturated rings. The number of nitrogens with two attached hydrogens (primary N) is 1. The molecule has 1 amide bonds. The van der Waals surface area contributed by atoms with Crippen LogP contribution in [0.3, 0.4) is 0 Å². The number of carbonyl (C=O) groups excluding carboxylic acids is 1. The summed E-state index contributed by atoms with van der Waals surface area (Å²) in [7, 11) is -3.48. The maximum absolute atomic E-state index is 14.1. The molecule has 3 N–H and O–H groups in total. The van der Waals surface area contributed by atoms with Crippen LogP contribution in [0.1, 0.15) is 70.6 Å². The van der Waals surface area contributed by atoms with Crippen molar-refractivity contribution in [3.05, 3.63) is 105 Å². The molecule has 6 nitrogen and oxygen atoms in total. The summed E-state index contributed by atoms with van der Waals surface area (Å²) in [6, 6.07) is 17.6. The Bertz CT molecular complexity index is 1700. The van der Waals surface area contributed by atoms with Crippen LogP contribution in [-0.2, 0) is 37.9 Å². The first-order valence-corrected chi connectivity index (χ1v) is 20.0. The van der Waals surface area contributed by atoms with Gasteiger partial charge in [-0.3, -0.25) is 0 Å². The molecule has 7 atom stereocenters. The van der Waals surface area contributed by atoms with E-state index in [4.69, 9.17) is 33.1 Å².